The lowest BCUT2D eigenvalue weighted by atomic mass is 9.91. The molecule has 0 saturated carbocycles. The molecule has 25 heavy (non-hydrogen) atoms. The number of hydrogen-bond acceptors (Lipinski definition) is 4. The van der Waals surface area contributed by atoms with Crippen molar-refractivity contribution in [3.05, 3.63) is 62.4 Å². The number of benzene rings is 1. The highest BCUT2D eigenvalue weighted by Crippen LogP contribution is 2.25. The van der Waals surface area contributed by atoms with Gasteiger partial charge in [0, 0.05) is 18.8 Å². The van der Waals surface area contributed by atoms with Crippen molar-refractivity contribution in [3.8, 4) is 0 Å². The second kappa shape index (κ2) is 6.97. The van der Waals surface area contributed by atoms with Gasteiger partial charge in [-0.05, 0) is 37.7 Å². The van der Waals surface area contributed by atoms with Crippen molar-refractivity contribution in [3.63, 3.8) is 0 Å². The van der Waals surface area contributed by atoms with Gasteiger partial charge in [0.15, 0.2) is 4.90 Å². The first-order valence-electron chi connectivity index (χ1n) is 8.25. The molecule has 0 unspecified atom stereocenters. The number of nitrogens with one attached hydrogen (secondary N) is 2. The van der Waals surface area contributed by atoms with E-state index in [4.69, 9.17) is 0 Å². The van der Waals surface area contributed by atoms with Gasteiger partial charge in [0.25, 0.3) is 5.56 Å². The molecule has 1 aromatic heterocycles. The number of aromatic nitrogens is 2. The highest BCUT2D eigenvalue weighted by molar-refractivity contribution is 7.89. The second-order valence-corrected chi connectivity index (χ2v) is 8.27. The van der Waals surface area contributed by atoms with Crippen molar-refractivity contribution >= 4 is 10.0 Å². The molecule has 8 heteroatoms. The summed E-state index contributed by atoms with van der Waals surface area (Å²) in [5.74, 6) is 0.420. The molecule has 2 heterocycles. The Balaban J connectivity index is 1.74. The van der Waals surface area contributed by atoms with Crippen LogP contribution in [-0.4, -0.2) is 35.8 Å². The summed E-state index contributed by atoms with van der Waals surface area (Å²) < 4.78 is 26.9. The third-order valence-electron chi connectivity index (χ3n) is 4.61. The summed E-state index contributed by atoms with van der Waals surface area (Å²) in [6, 6.07) is 10.1. The molecule has 2 aromatic rings. The number of H-pyrrole nitrogens is 2. The lowest BCUT2D eigenvalue weighted by Gasteiger charge is -2.31. The molecule has 7 nitrogen and oxygen atoms in total. The van der Waals surface area contributed by atoms with Crippen molar-refractivity contribution in [2.75, 3.05) is 13.1 Å². The SMILES string of the molecule is Cc1[nH]c(=O)[nH]c(=O)c1S(=O)(=O)N1CCC(Cc2ccccc2)CC1. The summed E-state index contributed by atoms with van der Waals surface area (Å²) in [4.78, 5) is 27.2. The molecule has 134 valence electrons. The van der Waals surface area contributed by atoms with Crippen LogP contribution in [-0.2, 0) is 16.4 Å². The van der Waals surface area contributed by atoms with Gasteiger partial charge in [-0.2, -0.15) is 4.31 Å². The van der Waals surface area contributed by atoms with Crippen LogP contribution in [0.3, 0.4) is 0 Å². The van der Waals surface area contributed by atoms with Crippen LogP contribution < -0.4 is 11.2 Å². The molecule has 1 fully saturated rings. The standard InChI is InChI=1S/C17H21N3O4S/c1-12-15(16(21)19-17(22)18-12)25(23,24)20-9-7-14(8-10-20)11-13-5-3-2-4-6-13/h2-6,14H,7-11H2,1H3,(H2,18,19,21,22). The number of nitrogens with zero attached hydrogens (tertiary/aromatic N) is 1. The van der Waals surface area contributed by atoms with Crippen LogP contribution in [0.5, 0.6) is 0 Å². The van der Waals surface area contributed by atoms with Gasteiger partial charge in [0.2, 0.25) is 10.0 Å². The molecule has 2 N–H and O–H groups in total. The lowest BCUT2D eigenvalue weighted by molar-refractivity contribution is 0.272. The molecule has 1 saturated heterocycles. The number of aryl methyl sites for hydroxylation is 1. The molecular weight excluding hydrogens is 342 g/mol. The number of aromatic amines is 2. The number of rotatable bonds is 4. The van der Waals surface area contributed by atoms with Gasteiger partial charge in [-0.3, -0.25) is 9.78 Å². The summed E-state index contributed by atoms with van der Waals surface area (Å²) in [7, 11) is -3.92. The third kappa shape index (κ3) is 3.74. The molecule has 0 bridgehead atoms. The zero-order chi connectivity index (χ0) is 18.0. The minimum atomic E-state index is -3.92. The normalized spacial score (nSPS) is 16.8. The minimum absolute atomic E-state index is 0.0696. The van der Waals surface area contributed by atoms with E-state index in [9.17, 15) is 18.0 Å². The summed E-state index contributed by atoms with van der Waals surface area (Å²) in [6.07, 6.45) is 2.41. The maximum atomic E-state index is 12.8. The number of piperidine rings is 1. The van der Waals surface area contributed by atoms with Crippen molar-refractivity contribution < 1.29 is 8.42 Å². The van der Waals surface area contributed by atoms with Crippen molar-refractivity contribution in [2.24, 2.45) is 5.92 Å². The highest BCUT2D eigenvalue weighted by atomic mass is 32.2. The van der Waals surface area contributed by atoms with Crippen molar-refractivity contribution in [1.29, 1.82) is 0 Å². The maximum Gasteiger partial charge on any atom is 0.325 e. The van der Waals surface area contributed by atoms with E-state index in [0.717, 1.165) is 19.3 Å². The highest BCUT2D eigenvalue weighted by Gasteiger charge is 2.32. The Bertz CT molecular complexity index is 955. The summed E-state index contributed by atoms with van der Waals surface area (Å²) in [5.41, 5.74) is -0.257. The fourth-order valence-electron chi connectivity index (χ4n) is 3.33. The molecule has 0 atom stereocenters. The predicted octanol–water partition coefficient (Wildman–Crippen LogP) is 1.02. The smallest absolute Gasteiger partial charge is 0.310 e. The molecule has 1 aromatic carbocycles. The van der Waals surface area contributed by atoms with Gasteiger partial charge in [0.05, 0.1) is 0 Å². The summed E-state index contributed by atoms with van der Waals surface area (Å²) in [5, 5.41) is 0. The van der Waals surface area contributed by atoms with Crippen LogP contribution in [0.25, 0.3) is 0 Å². The first kappa shape index (κ1) is 17.6. The quantitative estimate of drug-likeness (QED) is 0.846. The Labute approximate surface area is 145 Å². The van der Waals surface area contributed by atoms with Gasteiger partial charge in [0.1, 0.15) is 0 Å². The largest absolute Gasteiger partial charge is 0.325 e. The van der Waals surface area contributed by atoms with E-state index < -0.39 is 21.3 Å². The lowest BCUT2D eigenvalue weighted by Crippen LogP contribution is -2.42. The Morgan fingerprint density at radius 1 is 1.08 bits per heavy atom. The van der Waals surface area contributed by atoms with Crippen LogP contribution in [0.1, 0.15) is 24.1 Å². The van der Waals surface area contributed by atoms with Crippen LogP contribution >= 0.6 is 0 Å². The second-order valence-electron chi connectivity index (χ2n) is 6.40. The zero-order valence-electron chi connectivity index (χ0n) is 14.0. The Kier molecular flexibility index (Phi) is 4.91. The average Bonchev–Trinajstić information content (AvgIpc) is 2.55. The van der Waals surface area contributed by atoms with E-state index in [2.05, 4.69) is 17.1 Å². The predicted molar refractivity (Wildman–Crippen MR) is 94.0 cm³/mol. The fourth-order valence-corrected chi connectivity index (χ4v) is 5.00. The molecule has 1 aliphatic rings. The van der Waals surface area contributed by atoms with Gasteiger partial charge in [-0.25, -0.2) is 13.2 Å². The average molecular weight is 363 g/mol. The Hall–Kier alpha value is -2.19. The fraction of sp³-hybridized carbons (Fsp3) is 0.412. The molecule has 0 aliphatic carbocycles. The number of hydrogen-bond donors (Lipinski definition) is 2. The van der Waals surface area contributed by atoms with E-state index >= 15 is 0 Å². The monoisotopic (exact) mass is 363 g/mol. The van der Waals surface area contributed by atoms with Gasteiger partial charge in [-0.1, -0.05) is 30.3 Å². The molecule has 1 aliphatic heterocycles. The van der Waals surface area contributed by atoms with Crippen LogP contribution in [0.15, 0.2) is 44.8 Å². The Morgan fingerprint density at radius 3 is 2.32 bits per heavy atom. The van der Waals surface area contributed by atoms with Crippen molar-refractivity contribution in [1.82, 2.24) is 14.3 Å². The van der Waals surface area contributed by atoms with E-state index in [-0.39, 0.29) is 10.6 Å². The van der Waals surface area contributed by atoms with Crippen molar-refractivity contribution in [2.45, 2.75) is 31.1 Å². The number of sulfonamides is 1. The van der Waals surface area contributed by atoms with E-state index in [1.165, 1.54) is 16.8 Å². The van der Waals surface area contributed by atoms with E-state index in [1.54, 1.807) is 0 Å². The van der Waals surface area contributed by atoms with E-state index in [1.807, 2.05) is 23.2 Å². The summed E-state index contributed by atoms with van der Waals surface area (Å²) in [6.45, 7) is 2.17. The molecule has 0 radical (unpaired) electrons. The van der Waals surface area contributed by atoms with Crippen LogP contribution in [0.4, 0.5) is 0 Å². The van der Waals surface area contributed by atoms with Gasteiger partial charge in [-0.15, -0.1) is 0 Å². The minimum Gasteiger partial charge on any atom is -0.310 e. The molecule has 0 spiro atoms. The topological polar surface area (TPSA) is 103 Å². The van der Waals surface area contributed by atoms with E-state index in [0.29, 0.717) is 19.0 Å². The van der Waals surface area contributed by atoms with Gasteiger partial charge < -0.3 is 4.98 Å². The molecular formula is C17H21N3O4S. The molecule has 3 rings (SSSR count). The maximum absolute atomic E-state index is 12.8. The van der Waals surface area contributed by atoms with Crippen LogP contribution in [0, 0.1) is 12.8 Å². The molecule has 0 amide bonds. The Morgan fingerprint density at radius 2 is 1.72 bits per heavy atom. The first-order valence-corrected chi connectivity index (χ1v) is 9.69. The zero-order valence-corrected chi connectivity index (χ0v) is 14.8. The van der Waals surface area contributed by atoms with Crippen LogP contribution in [0.2, 0.25) is 0 Å². The first-order chi connectivity index (χ1) is 11.9. The van der Waals surface area contributed by atoms with Gasteiger partial charge >= 0.3 is 5.69 Å². The summed E-state index contributed by atoms with van der Waals surface area (Å²) >= 11 is 0. The third-order valence-corrected chi connectivity index (χ3v) is 6.67.